The summed E-state index contributed by atoms with van der Waals surface area (Å²) in [5.41, 5.74) is 0.553. The minimum Gasteiger partial charge on any atom is -0.490 e. The highest BCUT2D eigenvalue weighted by Crippen LogP contribution is 2.35. The third-order valence-corrected chi connectivity index (χ3v) is 11.5. The normalized spacial score (nSPS) is 15.7. The maximum atomic E-state index is 13.9. The number of methoxy groups -OCH3 is 2. The molecule has 15 heteroatoms. The van der Waals surface area contributed by atoms with E-state index < -0.39 is 5.60 Å². The zero-order valence-electron chi connectivity index (χ0n) is 42.8. The molecule has 70 heavy (non-hydrogen) atoms. The predicted octanol–water partition coefficient (Wildman–Crippen LogP) is 11.1. The molecule has 2 aliphatic heterocycles. The molecule has 0 radical (unpaired) electrons. The smallest absolute Gasteiger partial charge is 0.410 e. The summed E-state index contributed by atoms with van der Waals surface area (Å²) in [5, 5.41) is 3.41. The number of piperidine rings is 2. The molecule has 0 saturated carbocycles. The second-order valence-corrected chi connectivity index (χ2v) is 18.9. The first-order valence-electron chi connectivity index (χ1n) is 24.5. The van der Waals surface area contributed by atoms with Crippen molar-refractivity contribution >= 4 is 30.3 Å². The number of hydrogen-bond donors (Lipinski definition) is 1. The Morgan fingerprint density at radius 2 is 1.11 bits per heavy atom. The quantitative estimate of drug-likeness (QED) is 0.0847. The van der Waals surface area contributed by atoms with Gasteiger partial charge in [-0.1, -0.05) is 36.4 Å². The van der Waals surface area contributed by atoms with Crippen molar-refractivity contribution in [3.63, 3.8) is 0 Å². The van der Waals surface area contributed by atoms with Gasteiger partial charge in [-0.3, -0.25) is 9.59 Å². The summed E-state index contributed by atoms with van der Waals surface area (Å²) in [6.45, 7) is 18.7. The molecule has 3 amide bonds. The van der Waals surface area contributed by atoms with Crippen LogP contribution in [0.5, 0.6) is 34.5 Å². The lowest BCUT2D eigenvalue weighted by atomic mass is 10.0. The number of hydrogen-bond acceptors (Lipinski definition) is 11. The van der Waals surface area contributed by atoms with Crippen LogP contribution in [0.3, 0.4) is 0 Å². The molecule has 4 aromatic rings. The van der Waals surface area contributed by atoms with Crippen molar-refractivity contribution in [3.8, 4) is 34.5 Å². The number of benzene rings is 4. The molecule has 4 aromatic carbocycles. The van der Waals surface area contributed by atoms with Gasteiger partial charge in [-0.05, 0) is 141 Å². The van der Waals surface area contributed by atoms with Gasteiger partial charge in [0, 0.05) is 89.2 Å². The number of ether oxygens (including phenoxy) is 7. The molecule has 0 spiro atoms. The van der Waals surface area contributed by atoms with Gasteiger partial charge >= 0.3 is 6.09 Å². The van der Waals surface area contributed by atoms with Crippen LogP contribution in [-0.2, 0) is 14.2 Å². The van der Waals surface area contributed by atoms with E-state index >= 15 is 0 Å². The highest BCUT2D eigenvalue weighted by Gasteiger charge is 2.35. The first kappa shape index (κ1) is 57.0. The SMILES string of the molecule is COCCCOc1cc(C(=O)N(C(C)C)[C@@H]2CCCN(C(=O)OC(C)(C)C)C2)ccc1Oc1ccccc1.COCCCOc1cc(C(=O)N(C(C)C)[C@@H]2CCCNC2)ccc1Oc1ccccc1.Cl. The molecule has 2 atom stereocenters. The molecule has 2 heterocycles. The maximum absolute atomic E-state index is 13.9. The van der Waals surface area contributed by atoms with E-state index in [0.717, 1.165) is 50.9 Å². The van der Waals surface area contributed by atoms with Crippen LogP contribution in [0.4, 0.5) is 4.79 Å². The standard InChI is InChI=1S/C30H42N2O6.C25H34N2O4.ClH/c1-22(2)32(24-12-10-17-31(21-24)29(34)38-30(3,4)5)28(33)23-15-16-26(37-25-13-8-7-9-14-25)27(20-23)36-19-11-18-35-6;1-19(2)27(21-9-7-14-26-18-21)25(28)20-12-13-23(31-22-10-5-4-6-11-22)24(17-20)30-16-8-15-29-3;/h7-9,13-16,20,22,24H,10-12,17-19,21H2,1-6H3;4-6,10-13,17,19,21,26H,7-9,14-16,18H2,1-3H3;1H/t24-;21-;/m11./s1. The molecule has 2 aliphatic rings. The summed E-state index contributed by atoms with van der Waals surface area (Å²) in [5.74, 6) is 3.52. The number of carbonyl (C=O) groups is 3. The summed E-state index contributed by atoms with van der Waals surface area (Å²) >= 11 is 0. The lowest BCUT2D eigenvalue weighted by Crippen LogP contribution is -2.54. The Bertz CT molecular complexity index is 2180. The van der Waals surface area contributed by atoms with Crippen LogP contribution in [-0.4, -0.2) is 129 Å². The van der Waals surface area contributed by atoms with Crippen LogP contribution < -0.4 is 24.3 Å². The van der Waals surface area contributed by atoms with E-state index in [2.05, 4.69) is 19.2 Å². The number of nitrogens with zero attached hydrogens (tertiary/aromatic N) is 3. The largest absolute Gasteiger partial charge is 0.490 e. The monoisotopic (exact) mass is 989 g/mol. The first-order valence-corrected chi connectivity index (χ1v) is 24.5. The van der Waals surface area contributed by atoms with E-state index in [0.29, 0.717) is 85.8 Å². The molecule has 2 saturated heterocycles. The first-order chi connectivity index (χ1) is 33.2. The van der Waals surface area contributed by atoms with Gasteiger partial charge in [0.15, 0.2) is 23.0 Å². The number of halogens is 1. The van der Waals surface area contributed by atoms with E-state index in [1.807, 2.05) is 117 Å². The zero-order chi connectivity index (χ0) is 49.8. The van der Waals surface area contributed by atoms with Crippen LogP contribution >= 0.6 is 12.4 Å². The minimum absolute atomic E-state index is 0. The Morgan fingerprint density at radius 1 is 0.643 bits per heavy atom. The van der Waals surface area contributed by atoms with E-state index in [1.165, 1.54) is 0 Å². The molecule has 0 aromatic heterocycles. The highest BCUT2D eigenvalue weighted by atomic mass is 35.5. The number of likely N-dealkylation sites (tertiary alicyclic amines) is 1. The summed E-state index contributed by atoms with van der Waals surface area (Å²) in [7, 11) is 3.32. The van der Waals surface area contributed by atoms with E-state index in [1.54, 1.807) is 43.4 Å². The van der Waals surface area contributed by atoms with Crippen molar-refractivity contribution in [3.05, 3.63) is 108 Å². The Kier molecular flexibility index (Phi) is 23.6. The number of nitrogens with one attached hydrogen (secondary N) is 1. The van der Waals surface area contributed by atoms with Crippen LogP contribution in [0.15, 0.2) is 97.1 Å². The molecule has 6 rings (SSSR count). The maximum Gasteiger partial charge on any atom is 0.410 e. The molecular weight excluding hydrogens is 912 g/mol. The topological polar surface area (TPSA) is 138 Å². The van der Waals surface area contributed by atoms with Gasteiger partial charge < -0.3 is 53.2 Å². The van der Waals surface area contributed by atoms with Crippen LogP contribution in [0.25, 0.3) is 0 Å². The third kappa shape index (κ3) is 17.7. The second-order valence-electron chi connectivity index (χ2n) is 18.9. The van der Waals surface area contributed by atoms with Gasteiger partial charge in [0.2, 0.25) is 0 Å². The van der Waals surface area contributed by atoms with Gasteiger partial charge in [-0.15, -0.1) is 12.4 Å². The Morgan fingerprint density at radius 3 is 1.54 bits per heavy atom. The van der Waals surface area contributed by atoms with Crippen LogP contribution in [0.2, 0.25) is 0 Å². The molecule has 2 fully saturated rings. The van der Waals surface area contributed by atoms with E-state index in [9.17, 15) is 14.4 Å². The Labute approximate surface area is 422 Å². The van der Waals surface area contributed by atoms with Crippen molar-refractivity contribution in [1.82, 2.24) is 20.0 Å². The number of rotatable bonds is 20. The fourth-order valence-electron chi connectivity index (χ4n) is 8.37. The van der Waals surface area contributed by atoms with E-state index in [-0.39, 0.29) is 54.5 Å². The van der Waals surface area contributed by atoms with Gasteiger partial charge in [-0.25, -0.2) is 4.79 Å². The second kappa shape index (κ2) is 29.0. The third-order valence-electron chi connectivity index (χ3n) is 11.5. The molecule has 0 aliphatic carbocycles. The zero-order valence-corrected chi connectivity index (χ0v) is 43.6. The van der Waals surface area contributed by atoms with Crippen molar-refractivity contribution in [2.45, 2.75) is 117 Å². The Balaban J connectivity index is 0.000000306. The average Bonchev–Trinajstić information content (AvgIpc) is 3.33. The molecule has 384 valence electrons. The molecular formula is C55H77ClN4O10. The van der Waals surface area contributed by atoms with Crippen molar-refractivity contribution in [2.24, 2.45) is 0 Å². The number of carbonyl (C=O) groups excluding carboxylic acids is 3. The lowest BCUT2D eigenvalue weighted by molar-refractivity contribution is 0.00751. The fourth-order valence-corrected chi connectivity index (χ4v) is 8.37. The molecule has 0 bridgehead atoms. The van der Waals surface area contributed by atoms with Gasteiger partial charge in [-0.2, -0.15) is 0 Å². The van der Waals surface area contributed by atoms with Crippen LogP contribution in [0.1, 0.15) is 108 Å². The van der Waals surface area contributed by atoms with E-state index in [4.69, 9.17) is 33.2 Å². The molecule has 1 N–H and O–H groups in total. The summed E-state index contributed by atoms with van der Waals surface area (Å²) < 4.78 is 40.0. The Hall–Kier alpha value is -5.54. The highest BCUT2D eigenvalue weighted by molar-refractivity contribution is 5.96. The predicted molar refractivity (Wildman–Crippen MR) is 276 cm³/mol. The summed E-state index contributed by atoms with van der Waals surface area (Å²) in [6, 6.07) is 29.9. The van der Waals surface area contributed by atoms with Crippen molar-refractivity contribution in [1.29, 1.82) is 0 Å². The van der Waals surface area contributed by atoms with Gasteiger partial charge in [0.25, 0.3) is 11.8 Å². The van der Waals surface area contributed by atoms with Gasteiger partial charge in [0.05, 0.1) is 19.3 Å². The number of para-hydroxylation sites is 2. The van der Waals surface area contributed by atoms with Crippen molar-refractivity contribution < 1.29 is 47.5 Å². The average molecular weight is 990 g/mol. The summed E-state index contributed by atoms with van der Waals surface area (Å²) in [4.78, 5) is 45.6. The molecule has 0 unspecified atom stereocenters. The lowest BCUT2D eigenvalue weighted by Gasteiger charge is -2.41. The van der Waals surface area contributed by atoms with Crippen molar-refractivity contribution in [2.75, 3.05) is 66.8 Å². The summed E-state index contributed by atoms with van der Waals surface area (Å²) in [6.07, 6.45) is 4.85. The fraction of sp³-hybridized carbons (Fsp3) is 0.509. The van der Waals surface area contributed by atoms with Crippen LogP contribution in [0, 0.1) is 0 Å². The van der Waals surface area contributed by atoms with Gasteiger partial charge in [0.1, 0.15) is 17.1 Å². The minimum atomic E-state index is -0.569. The molecule has 14 nitrogen and oxygen atoms in total. The number of amides is 3.